The van der Waals surface area contributed by atoms with Gasteiger partial charge < -0.3 is 0 Å². The van der Waals surface area contributed by atoms with Crippen LogP contribution in [0, 0.1) is 0 Å². The number of nitrogens with zero attached hydrogens (tertiary/aromatic N) is 3. The van der Waals surface area contributed by atoms with Gasteiger partial charge in [0.05, 0.1) is 0 Å². The molecule has 1 aliphatic heterocycles. The summed E-state index contributed by atoms with van der Waals surface area (Å²) in [5, 5.41) is 14.6. The summed E-state index contributed by atoms with van der Waals surface area (Å²) in [5.74, 6) is 0.733. The monoisotopic (exact) mass is 403 g/mol. The molecular formula is C14H25N3O3Sn. The molecular weight excluding hydrogens is 377 g/mol. The van der Waals surface area contributed by atoms with Crippen LogP contribution in [0.4, 0.5) is 10.6 Å². The summed E-state index contributed by atoms with van der Waals surface area (Å²) in [6.07, 6.45) is -1.05. The van der Waals surface area contributed by atoms with Crippen molar-refractivity contribution < 1.29 is 14.6 Å². The number of amides is 1. The Morgan fingerprint density at radius 3 is 2.52 bits per heavy atom. The van der Waals surface area contributed by atoms with Crippen LogP contribution in [0.5, 0.6) is 0 Å². The molecule has 0 radical (unpaired) electrons. The van der Waals surface area contributed by atoms with E-state index in [9.17, 15) is 9.90 Å². The Hall–Kier alpha value is -0.761. The summed E-state index contributed by atoms with van der Waals surface area (Å²) in [6, 6.07) is 1.99. The van der Waals surface area contributed by atoms with E-state index in [1.165, 1.54) is 4.90 Å². The van der Waals surface area contributed by atoms with Crippen LogP contribution in [-0.4, -0.2) is 57.6 Å². The Morgan fingerprint density at radius 2 is 2.00 bits per heavy atom. The van der Waals surface area contributed by atoms with Crippen molar-refractivity contribution in [3.05, 3.63) is 6.07 Å². The van der Waals surface area contributed by atoms with Crippen LogP contribution >= 0.6 is 0 Å². The van der Waals surface area contributed by atoms with Gasteiger partial charge in [-0.2, -0.15) is 0 Å². The molecule has 1 N–H and O–H groups in total. The fourth-order valence-corrected chi connectivity index (χ4v) is 4.98. The first-order valence-electron chi connectivity index (χ1n) is 7.24. The Balaban J connectivity index is 2.34. The van der Waals surface area contributed by atoms with Crippen molar-refractivity contribution in [2.24, 2.45) is 0 Å². The first-order chi connectivity index (χ1) is 9.47. The molecule has 2 heterocycles. The maximum atomic E-state index is 12.3. The summed E-state index contributed by atoms with van der Waals surface area (Å²) < 4.78 is 8.26. The first-order valence-corrected chi connectivity index (χ1v) is 17.2. The number of aliphatic hydroxyl groups is 1. The number of carbonyl (C=O) groups is 1. The Morgan fingerprint density at radius 1 is 1.38 bits per heavy atom. The molecule has 0 bridgehead atoms. The van der Waals surface area contributed by atoms with E-state index in [0.29, 0.717) is 6.54 Å². The number of hydrogen-bond acceptors (Lipinski definition) is 4. The normalized spacial score (nSPS) is 19.4. The number of anilines is 1. The number of rotatable bonds is 1. The fourth-order valence-electron chi connectivity index (χ4n) is 2.17. The van der Waals surface area contributed by atoms with E-state index >= 15 is 0 Å². The first kappa shape index (κ1) is 16.6. The molecule has 6 nitrogen and oxygen atoms in total. The third-order valence-electron chi connectivity index (χ3n) is 3.19. The molecule has 1 amide bonds. The van der Waals surface area contributed by atoms with Crippen LogP contribution in [0.3, 0.4) is 0 Å². The number of aliphatic hydroxyl groups excluding tert-OH is 1. The average Bonchev–Trinajstić information content (AvgIpc) is 2.68. The SMILES string of the molecule is CC(C)(C)OC(=O)N1CC(O)Cn2n[c]([Sn]([CH3])([CH3])[CH3])cc21. The molecule has 2 rings (SSSR count). The zero-order valence-corrected chi connectivity index (χ0v) is 16.5. The van der Waals surface area contributed by atoms with E-state index in [1.807, 2.05) is 26.8 Å². The van der Waals surface area contributed by atoms with Crippen molar-refractivity contribution in [2.45, 2.75) is 53.8 Å². The molecule has 7 heteroatoms. The van der Waals surface area contributed by atoms with E-state index in [2.05, 4.69) is 19.9 Å². The van der Waals surface area contributed by atoms with Crippen molar-refractivity contribution in [1.29, 1.82) is 0 Å². The average molecular weight is 402 g/mol. The molecule has 0 aromatic carbocycles. The maximum absolute atomic E-state index is 12.3. The number of carbonyl (C=O) groups excluding carboxylic acids is 1. The Labute approximate surface area is 129 Å². The minimum atomic E-state index is -2.32. The predicted octanol–water partition coefficient (Wildman–Crippen LogP) is 1.54. The van der Waals surface area contributed by atoms with Crippen LogP contribution in [0.25, 0.3) is 0 Å². The zero-order valence-electron chi connectivity index (χ0n) is 13.7. The van der Waals surface area contributed by atoms with Gasteiger partial charge in [0.1, 0.15) is 0 Å². The molecule has 21 heavy (non-hydrogen) atoms. The molecule has 1 atom stereocenters. The summed E-state index contributed by atoms with van der Waals surface area (Å²) in [6.45, 7) is 6.18. The van der Waals surface area contributed by atoms with Crippen LogP contribution in [0.2, 0.25) is 14.8 Å². The number of fused-ring (bicyclic) bond motifs is 1. The van der Waals surface area contributed by atoms with E-state index in [-0.39, 0.29) is 6.54 Å². The predicted molar refractivity (Wildman–Crippen MR) is 84.8 cm³/mol. The van der Waals surface area contributed by atoms with E-state index in [1.54, 1.807) is 4.68 Å². The number of aromatic nitrogens is 2. The molecule has 118 valence electrons. The van der Waals surface area contributed by atoms with Gasteiger partial charge in [0.15, 0.2) is 0 Å². The summed E-state index contributed by atoms with van der Waals surface area (Å²) in [4.78, 5) is 20.7. The quantitative estimate of drug-likeness (QED) is 0.725. The summed E-state index contributed by atoms with van der Waals surface area (Å²) in [7, 11) is 0. The third kappa shape index (κ3) is 3.91. The number of hydrogen-bond donors (Lipinski definition) is 1. The number of ether oxygens (including phenoxy) is 1. The molecule has 1 aliphatic rings. The van der Waals surface area contributed by atoms with E-state index < -0.39 is 36.2 Å². The zero-order chi connectivity index (χ0) is 16.0. The van der Waals surface area contributed by atoms with Gasteiger partial charge in [-0.3, -0.25) is 0 Å². The second-order valence-corrected chi connectivity index (χ2v) is 21.9. The van der Waals surface area contributed by atoms with E-state index in [4.69, 9.17) is 4.74 Å². The van der Waals surface area contributed by atoms with Crippen LogP contribution in [0.1, 0.15) is 20.8 Å². The summed E-state index contributed by atoms with van der Waals surface area (Å²) >= 11 is -2.32. The van der Waals surface area contributed by atoms with Gasteiger partial charge in [0.25, 0.3) is 0 Å². The van der Waals surface area contributed by atoms with Gasteiger partial charge in [-0.1, -0.05) is 0 Å². The molecule has 0 spiro atoms. The van der Waals surface area contributed by atoms with Gasteiger partial charge in [-0.05, 0) is 0 Å². The second kappa shape index (κ2) is 5.46. The topological polar surface area (TPSA) is 67.6 Å². The van der Waals surface area contributed by atoms with Gasteiger partial charge in [-0.25, -0.2) is 0 Å². The molecule has 0 fully saturated rings. The van der Waals surface area contributed by atoms with Crippen molar-refractivity contribution in [3.8, 4) is 0 Å². The molecule has 1 aromatic heterocycles. The van der Waals surface area contributed by atoms with Gasteiger partial charge in [-0.15, -0.1) is 0 Å². The van der Waals surface area contributed by atoms with Gasteiger partial charge >= 0.3 is 130 Å². The van der Waals surface area contributed by atoms with Crippen LogP contribution < -0.4 is 8.61 Å². The number of β-amino-alcohol motifs (C(OH)–C–C–N with tert-alkyl or cyclic N) is 1. The molecule has 0 saturated heterocycles. The standard InChI is InChI=1S/C11H16N3O3.3CH3.Sn/c1-11(2,3)17-10(16)13-6-8(15)7-14-9(13)4-5-12-14;;;;/h4,8,15H,6-7H2,1-3H3;3*1H3;. The van der Waals surface area contributed by atoms with E-state index in [0.717, 1.165) is 9.53 Å². The van der Waals surface area contributed by atoms with Gasteiger partial charge in [0.2, 0.25) is 0 Å². The van der Waals surface area contributed by atoms with Gasteiger partial charge in [0, 0.05) is 0 Å². The Bertz CT molecular complexity index is 543. The van der Waals surface area contributed by atoms with Crippen molar-refractivity contribution in [2.75, 3.05) is 11.4 Å². The summed E-state index contributed by atoms with van der Waals surface area (Å²) in [5.41, 5.74) is -0.559. The molecule has 1 unspecified atom stereocenters. The van der Waals surface area contributed by atoms with Crippen molar-refractivity contribution in [1.82, 2.24) is 9.78 Å². The molecule has 0 aliphatic carbocycles. The molecule has 0 saturated carbocycles. The Kier molecular flexibility index (Phi) is 4.32. The third-order valence-corrected chi connectivity index (χ3v) is 8.28. The second-order valence-electron chi connectivity index (χ2n) is 7.56. The van der Waals surface area contributed by atoms with Crippen LogP contribution in [0.15, 0.2) is 6.07 Å². The minimum absolute atomic E-state index is 0.250. The molecule has 1 aromatic rings. The van der Waals surface area contributed by atoms with Crippen molar-refractivity contribution in [3.63, 3.8) is 0 Å². The van der Waals surface area contributed by atoms with Crippen molar-refractivity contribution >= 4 is 34.0 Å². The van der Waals surface area contributed by atoms with Crippen LogP contribution in [-0.2, 0) is 11.3 Å². The fraction of sp³-hybridized carbons (Fsp3) is 0.714.